The van der Waals surface area contributed by atoms with E-state index in [4.69, 9.17) is 15.2 Å². The molecular weight excluding hydrogens is 348 g/mol. The fourth-order valence-electron chi connectivity index (χ4n) is 2.42. The number of carbonyl (C=O) groups excluding carboxylic acids is 3. The molecular formula is C20H29N2O5. The molecule has 1 aromatic carbocycles. The Morgan fingerprint density at radius 1 is 1.19 bits per heavy atom. The first-order chi connectivity index (χ1) is 12.5. The summed E-state index contributed by atoms with van der Waals surface area (Å²) in [4.78, 5) is 37.7. The number of nitrogens with two attached hydrogens (primary N) is 1. The molecule has 27 heavy (non-hydrogen) atoms. The third kappa shape index (κ3) is 6.67. The molecule has 7 nitrogen and oxygen atoms in total. The molecule has 1 aromatic rings. The highest BCUT2D eigenvalue weighted by molar-refractivity contribution is 5.97. The van der Waals surface area contributed by atoms with Crippen LogP contribution < -0.4 is 10.5 Å². The Balaban J connectivity index is 3.05. The Labute approximate surface area is 160 Å². The van der Waals surface area contributed by atoms with Crippen molar-refractivity contribution < 1.29 is 23.9 Å². The maximum Gasteiger partial charge on any atom is 0.417 e. The van der Waals surface area contributed by atoms with Gasteiger partial charge in [-0.1, -0.05) is 26.0 Å². The second-order valence-corrected chi connectivity index (χ2v) is 7.65. The number of hydrogen-bond acceptors (Lipinski definition) is 6. The van der Waals surface area contributed by atoms with Crippen molar-refractivity contribution in [1.29, 1.82) is 0 Å². The van der Waals surface area contributed by atoms with Gasteiger partial charge in [-0.3, -0.25) is 9.59 Å². The number of hydrogen-bond donors (Lipinski definition) is 1. The highest BCUT2D eigenvalue weighted by Crippen LogP contribution is 2.18. The minimum absolute atomic E-state index is 0.200. The molecule has 2 atom stereocenters. The van der Waals surface area contributed by atoms with Crippen LogP contribution in [0.25, 0.3) is 0 Å². The van der Waals surface area contributed by atoms with Crippen LogP contribution in [0.4, 0.5) is 4.79 Å². The minimum atomic E-state index is -1.07. The molecule has 0 spiro atoms. The summed E-state index contributed by atoms with van der Waals surface area (Å²) in [5.41, 5.74) is 6.04. The molecule has 0 saturated heterocycles. The lowest BCUT2D eigenvalue weighted by molar-refractivity contribution is -0.133. The van der Waals surface area contributed by atoms with Gasteiger partial charge in [0.2, 0.25) is 12.2 Å². The Hall–Kier alpha value is -2.41. The topological polar surface area (TPSA) is 98.9 Å². The number of ether oxygens (including phenoxy) is 2. The molecule has 0 saturated carbocycles. The van der Waals surface area contributed by atoms with Gasteiger partial charge in [0.15, 0.2) is 0 Å². The first-order valence-corrected chi connectivity index (χ1v) is 8.82. The molecule has 149 valence electrons. The average molecular weight is 377 g/mol. The van der Waals surface area contributed by atoms with E-state index in [2.05, 4.69) is 0 Å². The monoisotopic (exact) mass is 377 g/mol. The summed E-state index contributed by atoms with van der Waals surface area (Å²) in [6, 6.07) is 5.00. The Bertz CT molecular complexity index is 649. The van der Waals surface area contributed by atoms with E-state index < -0.39 is 29.7 Å². The molecule has 1 unspecified atom stereocenters. The summed E-state index contributed by atoms with van der Waals surface area (Å²) in [7, 11) is 1.56. The zero-order valence-electron chi connectivity index (χ0n) is 16.8. The molecule has 0 fully saturated rings. The van der Waals surface area contributed by atoms with E-state index in [-0.39, 0.29) is 12.3 Å². The lowest BCUT2D eigenvalue weighted by atomic mass is 10.0. The van der Waals surface area contributed by atoms with Gasteiger partial charge in [-0.15, -0.1) is 0 Å². The number of rotatable bonds is 7. The van der Waals surface area contributed by atoms with E-state index in [0.29, 0.717) is 5.75 Å². The van der Waals surface area contributed by atoms with Crippen LogP contribution >= 0.6 is 0 Å². The van der Waals surface area contributed by atoms with Gasteiger partial charge in [0.05, 0.1) is 13.2 Å². The second kappa shape index (κ2) is 9.50. The van der Waals surface area contributed by atoms with E-state index in [1.165, 1.54) is 0 Å². The molecule has 0 aromatic heterocycles. The summed E-state index contributed by atoms with van der Waals surface area (Å²) in [6.07, 6.45) is 1.06. The summed E-state index contributed by atoms with van der Waals surface area (Å²) >= 11 is 0. The third-order valence-corrected chi connectivity index (χ3v) is 3.79. The van der Waals surface area contributed by atoms with E-state index in [9.17, 15) is 14.4 Å². The van der Waals surface area contributed by atoms with Gasteiger partial charge in [0, 0.05) is 0 Å². The highest BCUT2D eigenvalue weighted by atomic mass is 16.6. The van der Waals surface area contributed by atoms with Crippen molar-refractivity contribution in [2.24, 2.45) is 11.7 Å². The number of imide groups is 1. The molecule has 7 heteroatoms. The molecule has 2 amide bonds. The molecule has 0 bridgehead atoms. The molecule has 1 radical (unpaired) electrons. The Kier molecular flexibility index (Phi) is 7.97. The van der Waals surface area contributed by atoms with Crippen LogP contribution in [0.3, 0.4) is 0 Å². The van der Waals surface area contributed by atoms with Crippen molar-refractivity contribution in [3.8, 4) is 5.75 Å². The summed E-state index contributed by atoms with van der Waals surface area (Å²) < 4.78 is 10.4. The Morgan fingerprint density at radius 2 is 1.74 bits per heavy atom. The number of amides is 2. The van der Waals surface area contributed by atoms with Gasteiger partial charge in [0.1, 0.15) is 17.4 Å². The van der Waals surface area contributed by atoms with E-state index in [1.807, 2.05) is 0 Å². The standard InChI is InChI=1S/C20H29N2O5/c1-13(2)17(12-23)22(19(25)27-20(3,4)5)18(24)16(21)11-14-7-9-15(26-6)10-8-14/h7-10,13,16-17H,11,21H2,1-6H3/t16?,17-/m1/s1. The van der Waals surface area contributed by atoms with Crippen LogP contribution in [0.5, 0.6) is 5.75 Å². The van der Waals surface area contributed by atoms with Crippen molar-refractivity contribution in [2.75, 3.05) is 7.11 Å². The number of benzene rings is 1. The van der Waals surface area contributed by atoms with Crippen molar-refractivity contribution in [2.45, 2.75) is 58.7 Å². The van der Waals surface area contributed by atoms with E-state index in [1.54, 1.807) is 72.3 Å². The van der Waals surface area contributed by atoms with Gasteiger partial charge >= 0.3 is 6.09 Å². The van der Waals surface area contributed by atoms with Crippen molar-refractivity contribution >= 4 is 18.3 Å². The number of methoxy groups -OCH3 is 1. The van der Waals surface area contributed by atoms with Gasteiger partial charge < -0.3 is 15.2 Å². The summed E-state index contributed by atoms with van der Waals surface area (Å²) in [5.74, 6) is -0.321. The zero-order chi connectivity index (χ0) is 20.8. The van der Waals surface area contributed by atoms with Crippen LogP contribution in [0.15, 0.2) is 24.3 Å². The molecule has 1 rings (SSSR count). The van der Waals surface area contributed by atoms with Crippen LogP contribution in [-0.2, 0) is 20.7 Å². The van der Waals surface area contributed by atoms with E-state index in [0.717, 1.165) is 10.5 Å². The van der Waals surface area contributed by atoms with Gasteiger partial charge in [-0.2, -0.15) is 0 Å². The maximum atomic E-state index is 12.9. The maximum absolute atomic E-state index is 12.9. The van der Waals surface area contributed by atoms with Crippen molar-refractivity contribution in [3.05, 3.63) is 29.8 Å². The van der Waals surface area contributed by atoms with Gasteiger partial charge in [-0.25, -0.2) is 9.69 Å². The number of nitrogens with zero attached hydrogens (tertiary/aromatic N) is 1. The molecule has 0 aliphatic heterocycles. The van der Waals surface area contributed by atoms with Crippen LogP contribution in [0.2, 0.25) is 0 Å². The average Bonchev–Trinajstić information content (AvgIpc) is 2.57. The summed E-state index contributed by atoms with van der Waals surface area (Å²) in [6.45, 7) is 8.48. The normalized spacial score (nSPS) is 13.6. The van der Waals surface area contributed by atoms with Crippen LogP contribution in [0.1, 0.15) is 40.2 Å². The first kappa shape index (κ1) is 22.6. The third-order valence-electron chi connectivity index (χ3n) is 3.79. The quantitative estimate of drug-likeness (QED) is 0.784. The molecule has 2 N–H and O–H groups in total. The minimum Gasteiger partial charge on any atom is -0.497 e. The van der Waals surface area contributed by atoms with Crippen LogP contribution in [-0.4, -0.2) is 48.0 Å². The Morgan fingerprint density at radius 3 is 2.15 bits per heavy atom. The van der Waals surface area contributed by atoms with Gasteiger partial charge in [0.25, 0.3) is 0 Å². The lowest BCUT2D eigenvalue weighted by Crippen LogP contribution is -2.55. The smallest absolute Gasteiger partial charge is 0.417 e. The lowest BCUT2D eigenvalue weighted by Gasteiger charge is -2.32. The summed E-state index contributed by atoms with van der Waals surface area (Å²) in [5, 5.41) is 0. The molecule has 0 heterocycles. The van der Waals surface area contributed by atoms with Crippen molar-refractivity contribution in [1.82, 2.24) is 4.90 Å². The van der Waals surface area contributed by atoms with Gasteiger partial charge in [-0.05, 0) is 50.8 Å². The number of carbonyl (C=O) groups is 2. The predicted octanol–water partition coefficient (Wildman–Crippen LogP) is 2.46. The van der Waals surface area contributed by atoms with Crippen LogP contribution in [0, 0.1) is 5.92 Å². The molecule has 0 aliphatic rings. The predicted molar refractivity (Wildman–Crippen MR) is 102 cm³/mol. The first-order valence-electron chi connectivity index (χ1n) is 8.82. The SMILES string of the molecule is COc1ccc(CC(N)C(=O)N(C(=O)OC(C)(C)C)[C@H]([C]=O)C(C)C)cc1. The molecule has 0 aliphatic carbocycles. The van der Waals surface area contributed by atoms with Crippen molar-refractivity contribution in [3.63, 3.8) is 0 Å². The fourth-order valence-corrected chi connectivity index (χ4v) is 2.42. The second-order valence-electron chi connectivity index (χ2n) is 7.65. The zero-order valence-corrected chi connectivity index (χ0v) is 16.8. The van der Waals surface area contributed by atoms with E-state index >= 15 is 0 Å². The highest BCUT2D eigenvalue weighted by Gasteiger charge is 2.37. The largest absolute Gasteiger partial charge is 0.497 e. The fraction of sp³-hybridized carbons (Fsp3) is 0.550.